The summed E-state index contributed by atoms with van der Waals surface area (Å²) in [5.41, 5.74) is 1.86. The van der Waals surface area contributed by atoms with Crippen LogP contribution in [0.5, 0.6) is 5.75 Å². The Morgan fingerprint density at radius 2 is 1.88 bits per heavy atom. The molecule has 0 saturated heterocycles. The molecule has 6 rings (SSSR count). The van der Waals surface area contributed by atoms with Gasteiger partial charge >= 0.3 is 0 Å². The lowest BCUT2D eigenvalue weighted by atomic mass is 9.95. The summed E-state index contributed by atoms with van der Waals surface area (Å²) in [5, 5.41) is 21.1. The van der Waals surface area contributed by atoms with Crippen LogP contribution in [0.15, 0.2) is 99.0 Å². The molecule has 0 saturated carbocycles. The molecule has 0 radical (unpaired) electrons. The Labute approximate surface area is 241 Å². The minimum Gasteiger partial charge on any atom is -0.503 e. The molecule has 5 aromatic rings. The van der Waals surface area contributed by atoms with Crippen molar-refractivity contribution < 1.29 is 23.8 Å². The third-order valence-corrected chi connectivity index (χ3v) is 8.90. The second-order valence-electron chi connectivity index (χ2n) is 8.80. The Balaban J connectivity index is 1.36. The minimum absolute atomic E-state index is 0.0233. The number of Topliss-reactive ketones (excluding diaryl/α,β-unsaturated/α-hetero) is 1. The van der Waals surface area contributed by atoms with Crippen LogP contribution in [-0.2, 0) is 10.5 Å². The van der Waals surface area contributed by atoms with Crippen molar-refractivity contribution in [2.75, 3.05) is 12.0 Å². The third kappa shape index (κ3) is 4.64. The fourth-order valence-electron chi connectivity index (χ4n) is 4.54. The van der Waals surface area contributed by atoms with E-state index < -0.39 is 23.5 Å². The predicted molar refractivity (Wildman–Crippen MR) is 154 cm³/mol. The third-order valence-electron chi connectivity index (χ3n) is 6.43. The summed E-state index contributed by atoms with van der Waals surface area (Å²) in [5.74, 6) is -1.01. The van der Waals surface area contributed by atoms with Crippen LogP contribution < -0.4 is 9.64 Å². The fourth-order valence-corrected chi connectivity index (χ4v) is 6.69. The lowest BCUT2D eigenvalue weighted by Crippen LogP contribution is -2.31. The van der Waals surface area contributed by atoms with Crippen LogP contribution in [-0.4, -0.2) is 34.1 Å². The first-order chi connectivity index (χ1) is 19.5. The van der Waals surface area contributed by atoms with E-state index in [1.165, 1.54) is 35.1 Å². The Hall–Kier alpha value is -4.12. The summed E-state index contributed by atoms with van der Waals surface area (Å²) in [7, 11) is 1.51. The normalized spacial score (nSPS) is 15.3. The highest BCUT2D eigenvalue weighted by atomic mass is 35.5. The molecule has 1 unspecified atom stereocenters. The van der Waals surface area contributed by atoms with Crippen LogP contribution in [0, 0.1) is 0 Å². The van der Waals surface area contributed by atoms with Crippen molar-refractivity contribution in [2.45, 2.75) is 16.1 Å². The number of furan rings is 1. The molecule has 1 atom stereocenters. The number of nitrogens with zero attached hydrogens (tertiary/aromatic N) is 3. The van der Waals surface area contributed by atoms with E-state index in [2.05, 4.69) is 10.2 Å². The quantitative estimate of drug-likeness (QED) is 0.117. The van der Waals surface area contributed by atoms with Crippen molar-refractivity contribution in [3.63, 3.8) is 0 Å². The number of aliphatic hydroxyl groups is 1. The van der Waals surface area contributed by atoms with Gasteiger partial charge in [0.15, 0.2) is 27.2 Å². The van der Waals surface area contributed by atoms with Gasteiger partial charge in [-0.15, -0.1) is 10.2 Å². The Kier molecular flexibility index (Phi) is 7.05. The number of para-hydroxylation sites is 1. The molecule has 2 aromatic heterocycles. The SMILES string of the molecule is COc1cccc2cc(C(=O)C3=C(O)C(=O)N(c4nnc(SCc5ccccc5Cl)s4)C3c3ccccc3)oc12. The Morgan fingerprint density at radius 3 is 2.65 bits per heavy atom. The number of hydrogen-bond acceptors (Lipinski definition) is 9. The second kappa shape index (κ2) is 10.8. The lowest BCUT2D eigenvalue weighted by molar-refractivity contribution is -0.117. The van der Waals surface area contributed by atoms with Gasteiger partial charge in [-0.1, -0.05) is 95.4 Å². The zero-order chi connectivity index (χ0) is 27.8. The van der Waals surface area contributed by atoms with Gasteiger partial charge in [0.25, 0.3) is 5.91 Å². The van der Waals surface area contributed by atoms with Crippen LogP contribution in [0.1, 0.15) is 27.7 Å². The summed E-state index contributed by atoms with van der Waals surface area (Å²) in [6.07, 6.45) is 0. The number of aliphatic hydroxyl groups excluding tert-OH is 1. The monoisotopic (exact) mass is 589 g/mol. The van der Waals surface area contributed by atoms with E-state index in [1.54, 1.807) is 48.5 Å². The standard InChI is InChI=1S/C29H20ClN3O5S2/c1-37-20-13-7-11-17-14-21(38-26(17)20)24(34)22-23(16-8-3-2-4-9-16)33(27(36)25(22)35)28-31-32-29(40-28)39-15-18-10-5-6-12-19(18)30/h2-14,23,35H,15H2,1H3. The maximum atomic E-state index is 13.8. The molecule has 1 aliphatic rings. The largest absolute Gasteiger partial charge is 0.503 e. The van der Waals surface area contributed by atoms with Gasteiger partial charge in [-0.05, 0) is 29.3 Å². The van der Waals surface area contributed by atoms with E-state index in [9.17, 15) is 14.7 Å². The van der Waals surface area contributed by atoms with Crippen LogP contribution >= 0.6 is 34.7 Å². The van der Waals surface area contributed by atoms with E-state index >= 15 is 0 Å². The predicted octanol–water partition coefficient (Wildman–Crippen LogP) is 7.02. The number of thioether (sulfide) groups is 1. The van der Waals surface area contributed by atoms with E-state index in [-0.39, 0.29) is 16.5 Å². The van der Waals surface area contributed by atoms with Gasteiger partial charge in [-0.3, -0.25) is 14.5 Å². The van der Waals surface area contributed by atoms with Crippen LogP contribution in [0.3, 0.4) is 0 Å². The van der Waals surface area contributed by atoms with Gasteiger partial charge in [0.05, 0.1) is 18.7 Å². The molecule has 1 aliphatic heterocycles. The van der Waals surface area contributed by atoms with Gasteiger partial charge in [0.2, 0.25) is 10.9 Å². The molecule has 0 aliphatic carbocycles. The van der Waals surface area contributed by atoms with Crippen molar-refractivity contribution in [3.8, 4) is 5.75 Å². The van der Waals surface area contributed by atoms with Gasteiger partial charge in [0.1, 0.15) is 0 Å². The molecule has 8 nitrogen and oxygen atoms in total. The average Bonchev–Trinajstić information content (AvgIpc) is 3.69. The molecule has 0 fully saturated rings. The number of benzene rings is 3. The molecular weight excluding hydrogens is 570 g/mol. The number of methoxy groups -OCH3 is 1. The number of aromatic nitrogens is 2. The zero-order valence-corrected chi connectivity index (χ0v) is 23.3. The van der Waals surface area contributed by atoms with E-state index in [1.807, 2.05) is 30.3 Å². The number of amides is 1. The van der Waals surface area contributed by atoms with Crippen LogP contribution in [0.2, 0.25) is 5.02 Å². The molecule has 1 amide bonds. The number of rotatable bonds is 8. The van der Waals surface area contributed by atoms with Crippen molar-refractivity contribution in [1.82, 2.24) is 10.2 Å². The van der Waals surface area contributed by atoms with Crippen molar-refractivity contribution >= 4 is 62.5 Å². The average molecular weight is 590 g/mol. The van der Waals surface area contributed by atoms with Crippen LogP contribution in [0.25, 0.3) is 11.0 Å². The molecule has 3 aromatic carbocycles. The van der Waals surface area contributed by atoms with Gasteiger partial charge in [-0.2, -0.15) is 0 Å². The van der Waals surface area contributed by atoms with Gasteiger partial charge in [-0.25, -0.2) is 0 Å². The fraction of sp³-hybridized carbons (Fsp3) is 0.103. The lowest BCUT2D eigenvalue weighted by Gasteiger charge is -2.23. The van der Waals surface area contributed by atoms with Gasteiger partial charge < -0.3 is 14.3 Å². The summed E-state index contributed by atoms with van der Waals surface area (Å²) < 4.78 is 11.8. The van der Waals surface area contributed by atoms with Crippen molar-refractivity contribution in [2.24, 2.45) is 0 Å². The highest BCUT2D eigenvalue weighted by Gasteiger charge is 2.46. The summed E-state index contributed by atoms with van der Waals surface area (Å²) >= 11 is 8.90. The smallest absolute Gasteiger partial charge is 0.296 e. The summed E-state index contributed by atoms with van der Waals surface area (Å²) in [6.45, 7) is 0. The second-order valence-corrected chi connectivity index (χ2v) is 11.4. The number of hydrogen-bond donors (Lipinski definition) is 1. The number of anilines is 1. The van der Waals surface area contributed by atoms with E-state index in [4.69, 9.17) is 20.8 Å². The van der Waals surface area contributed by atoms with Gasteiger partial charge in [0, 0.05) is 16.2 Å². The number of ether oxygens (including phenoxy) is 1. The number of ketones is 1. The van der Waals surface area contributed by atoms with E-state index in [0.29, 0.717) is 37.4 Å². The molecular formula is C29H20ClN3O5S2. The minimum atomic E-state index is -0.939. The topological polar surface area (TPSA) is 106 Å². The first-order valence-corrected chi connectivity index (χ1v) is 14.3. The molecule has 3 heterocycles. The summed E-state index contributed by atoms with van der Waals surface area (Å²) in [6, 6.07) is 22.4. The van der Waals surface area contributed by atoms with Crippen molar-refractivity contribution in [1.29, 1.82) is 0 Å². The summed E-state index contributed by atoms with van der Waals surface area (Å²) in [4.78, 5) is 28.6. The first kappa shape index (κ1) is 26.1. The molecule has 0 spiro atoms. The Bertz CT molecular complexity index is 1780. The zero-order valence-electron chi connectivity index (χ0n) is 20.9. The van der Waals surface area contributed by atoms with E-state index in [0.717, 1.165) is 5.56 Å². The molecule has 1 N–H and O–H groups in total. The highest BCUT2D eigenvalue weighted by Crippen LogP contribution is 2.44. The first-order valence-electron chi connectivity index (χ1n) is 12.1. The van der Waals surface area contributed by atoms with Crippen molar-refractivity contribution in [3.05, 3.63) is 112 Å². The number of fused-ring (bicyclic) bond motifs is 1. The molecule has 40 heavy (non-hydrogen) atoms. The molecule has 11 heteroatoms. The van der Waals surface area contributed by atoms with Crippen LogP contribution in [0.4, 0.5) is 5.13 Å². The highest BCUT2D eigenvalue weighted by molar-refractivity contribution is 8.00. The number of halogens is 1. The maximum absolute atomic E-state index is 13.8. The molecule has 0 bridgehead atoms. The molecule has 200 valence electrons. The Morgan fingerprint density at radius 1 is 1.10 bits per heavy atom. The number of carbonyl (C=O) groups is 2. The number of carbonyl (C=O) groups excluding carboxylic acids is 2. The maximum Gasteiger partial charge on any atom is 0.296 e.